The molecule has 13 heavy (non-hydrogen) atoms. The molecule has 4 N–H and O–H groups in total. The number of hydrogen-bond donors (Lipinski definition) is 3. The van der Waals surface area contributed by atoms with Gasteiger partial charge in [-0.3, -0.25) is 0 Å². The average Bonchev–Trinajstić information content (AvgIpc) is 2.03. The molecule has 0 rings (SSSR count). The molecular formula is C8H19N3O2. The lowest BCUT2D eigenvalue weighted by Gasteiger charge is -2.24. The highest BCUT2D eigenvalue weighted by Gasteiger charge is 2.16. The molecule has 0 radical (unpaired) electrons. The molecule has 78 valence electrons. The molecule has 0 saturated heterocycles. The van der Waals surface area contributed by atoms with Crippen LogP contribution >= 0.6 is 0 Å². The number of ether oxygens (including phenoxy) is 1. The molecule has 0 atom stereocenters. The molecular weight excluding hydrogens is 170 g/mol. The van der Waals surface area contributed by atoms with Gasteiger partial charge in [-0.25, -0.2) is 0 Å². The van der Waals surface area contributed by atoms with Crippen LogP contribution in [-0.4, -0.2) is 36.3 Å². The zero-order valence-electron chi connectivity index (χ0n) is 8.50. The number of nitrogens with one attached hydrogen (secondary N) is 1. The molecule has 5 nitrogen and oxygen atoms in total. The zero-order chi connectivity index (χ0) is 10.3. The molecule has 5 heteroatoms. The quantitative estimate of drug-likeness (QED) is 0.240. The highest BCUT2D eigenvalue weighted by Crippen LogP contribution is 2.06. The second kappa shape index (κ2) is 5.77. The summed E-state index contributed by atoms with van der Waals surface area (Å²) in [6.07, 6.45) is 0. The molecule has 0 fully saturated rings. The van der Waals surface area contributed by atoms with Gasteiger partial charge in [-0.05, 0) is 20.8 Å². The summed E-state index contributed by atoms with van der Waals surface area (Å²) in [4.78, 5) is 0. The Kier molecular flexibility index (Phi) is 5.41. The Morgan fingerprint density at radius 2 is 2.23 bits per heavy atom. The van der Waals surface area contributed by atoms with Crippen molar-refractivity contribution < 1.29 is 9.94 Å². The van der Waals surface area contributed by atoms with Crippen molar-refractivity contribution in [3.63, 3.8) is 0 Å². The van der Waals surface area contributed by atoms with Gasteiger partial charge in [-0.2, -0.15) is 0 Å². The summed E-state index contributed by atoms with van der Waals surface area (Å²) < 4.78 is 5.44. The minimum absolute atomic E-state index is 0.173. The molecule has 0 aromatic heterocycles. The van der Waals surface area contributed by atoms with E-state index < -0.39 is 0 Å². The van der Waals surface area contributed by atoms with Gasteiger partial charge in [0.2, 0.25) is 0 Å². The van der Waals surface area contributed by atoms with Crippen molar-refractivity contribution in [2.45, 2.75) is 26.4 Å². The van der Waals surface area contributed by atoms with Crippen LogP contribution in [0, 0.1) is 0 Å². The van der Waals surface area contributed by atoms with E-state index in [0.717, 1.165) is 0 Å². The third kappa shape index (κ3) is 6.36. The Labute approximate surface area is 78.9 Å². The first-order valence-electron chi connectivity index (χ1n) is 4.33. The second-order valence-electron chi connectivity index (χ2n) is 3.39. The minimum atomic E-state index is -0.218. The number of oxime groups is 1. The van der Waals surface area contributed by atoms with Gasteiger partial charge in [-0.1, -0.05) is 5.16 Å². The van der Waals surface area contributed by atoms with Crippen molar-refractivity contribution in [1.82, 2.24) is 5.32 Å². The standard InChI is InChI=1S/C8H19N3O2/c1-4-13-8(2,3)6-10-5-7(9)11-12/h10,12H,4-6H2,1-3H3,(H2,9,11). The lowest BCUT2D eigenvalue weighted by atomic mass is 10.1. The van der Waals surface area contributed by atoms with Crippen molar-refractivity contribution in [2.24, 2.45) is 10.9 Å². The van der Waals surface area contributed by atoms with Crippen molar-refractivity contribution in [3.8, 4) is 0 Å². The Bertz CT molecular complexity index is 169. The fourth-order valence-electron chi connectivity index (χ4n) is 0.969. The Balaban J connectivity index is 3.63. The van der Waals surface area contributed by atoms with Gasteiger partial charge in [0.05, 0.1) is 12.1 Å². The largest absolute Gasteiger partial charge is 0.409 e. The number of amidine groups is 1. The van der Waals surface area contributed by atoms with Gasteiger partial charge < -0.3 is 21.0 Å². The van der Waals surface area contributed by atoms with Gasteiger partial charge in [-0.15, -0.1) is 0 Å². The van der Waals surface area contributed by atoms with Crippen LogP contribution in [0.1, 0.15) is 20.8 Å². The lowest BCUT2D eigenvalue weighted by molar-refractivity contribution is -0.00797. The number of nitrogens with two attached hydrogens (primary N) is 1. The maximum atomic E-state index is 8.26. The van der Waals surface area contributed by atoms with Gasteiger partial charge in [0.25, 0.3) is 0 Å². The monoisotopic (exact) mass is 189 g/mol. The lowest BCUT2D eigenvalue weighted by Crippen LogP contribution is -2.41. The van der Waals surface area contributed by atoms with E-state index in [1.54, 1.807) is 0 Å². The van der Waals surface area contributed by atoms with E-state index >= 15 is 0 Å². The van der Waals surface area contributed by atoms with Crippen LogP contribution in [0.3, 0.4) is 0 Å². The molecule has 0 aliphatic rings. The van der Waals surface area contributed by atoms with Gasteiger partial charge in [0.1, 0.15) is 0 Å². The summed E-state index contributed by atoms with van der Waals surface area (Å²) in [5, 5.41) is 14.1. The molecule has 0 amide bonds. The van der Waals surface area contributed by atoms with Gasteiger partial charge in [0, 0.05) is 13.2 Å². The molecule has 0 spiro atoms. The fraction of sp³-hybridized carbons (Fsp3) is 0.875. The summed E-state index contributed by atoms with van der Waals surface area (Å²) in [7, 11) is 0. The first kappa shape index (κ1) is 12.2. The zero-order valence-corrected chi connectivity index (χ0v) is 8.50. The third-order valence-corrected chi connectivity index (χ3v) is 1.52. The van der Waals surface area contributed by atoms with E-state index in [0.29, 0.717) is 19.7 Å². The van der Waals surface area contributed by atoms with Crippen LogP contribution in [-0.2, 0) is 4.74 Å². The number of nitrogens with zero attached hydrogens (tertiary/aromatic N) is 1. The van der Waals surface area contributed by atoms with Crippen LogP contribution in [0.15, 0.2) is 5.16 Å². The molecule has 0 aromatic carbocycles. The van der Waals surface area contributed by atoms with Gasteiger partial charge in [0.15, 0.2) is 5.84 Å². The first-order valence-corrected chi connectivity index (χ1v) is 4.33. The van der Waals surface area contributed by atoms with Crippen molar-refractivity contribution in [2.75, 3.05) is 19.7 Å². The Hall–Kier alpha value is -0.810. The minimum Gasteiger partial charge on any atom is -0.409 e. The third-order valence-electron chi connectivity index (χ3n) is 1.52. The SMILES string of the molecule is CCOC(C)(C)CNCC(N)=NO. The summed E-state index contributed by atoms with van der Waals surface area (Å²) in [5.74, 6) is 0.173. The second-order valence-corrected chi connectivity index (χ2v) is 3.39. The fourth-order valence-corrected chi connectivity index (χ4v) is 0.969. The van der Waals surface area contributed by atoms with E-state index in [4.69, 9.17) is 15.7 Å². The van der Waals surface area contributed by atoms with E-state index in [1.807, 2.05) is 20.8 Å². The smallest absolute Gasteiger partial charge is 0.153 e. The summed E-state index contributed by atoms with van der Waals surface area (Å²) in [5.41, 5.74) is 5.06. The Morgan fingerprint density at radius 1 is 1.62 bits per heavy atom. The predicted octanol–water partition coefficient (Wildman–Crippen LogP) is 0.138. The maximum absolute atomic E-state index is 8.26. The topological polar surface area (TPSA) is 79.9 Å². The molecule has 0 aromatic rings. The molecule has 0 bridgehead atoms. The van der Waals surface area contributed by atoms with Crippen LogP contribution in [0.5, 0.6) is 0 Å². The normalized spacial score (nSPS) is 13.3. The van der Waals surface area contributed by atoms with Crippen molar-refractivity contribution in [1.29, 1.82) is 0 Å². The number of rotatable bonds is 6. The van der Waals surface area contributed by atoms with E-state index in [9.17, 15) is 0 Å². The highest BCUT2D eigenvalue weighted by atomic mass is 16.5. The number of hydrogen-bond acceptors (Lipinski definition) is 4. The summed E-state index contributed by atoms with van der Waals surface area (Å²) in [6.45, 7) is 7.62. The molecule has 0 unspecified atom stereocenters. The van der Waals surface area contributed by atoms with E-state index in [1.165, 1.54) is 0 Å². The summed E-state index contributed by atoms with van der Waals surface area (Å²) in [6, 6.07) is 0. The van der Waals surface area contributed by atoms with Crippen LogP contribution in [0.25, 0.3) is 0 Å². The molecule has 0 saturated carbocycles. The summed E-state index contributed by atoms with van der Waals surface area (Å²) >= 11 is 0. The first-order chi connectivity index (χ1) is 6.02. The average molecular weight is 189 g/mol. The van der Waals surface area contributed by atoms with Crippen LogP contribution in [0.2, 0.25) is 0 Å². The highest BCUT2D eigenvalue weighted by molar-refractivity contribution is 5.81. The predicted molar refractivity (Wildman–Crippen MR) is 52.0 cm³/mol. The molecule has 0 heterocycles. The van der Waals surface area contributed by atoms with Crippen molar-refractivity contribution >= 4 is 5.84 Å². The van der Waals surface area contributed by atoms with Gasteiger partial charge >= 0.3 is 0 Å². The Morgan fingerprint density at radius 3 is 2.69 bits per heavy atom. The van der Waals surface area contributed by atoms with E-state index in [2.05, 4.69) is 10.5 Å². The van der Waals surface area contributed by atoms with E-state index in [-0.39, 0.29) is 11.4 Å². The molecule has 0 aliphatic carbocycles. The van der Waals surface area contributed by atoms with Crippen LogP contribution in [0.4, 0.5) is 0 Å². The molecule has 0 aliphatic heterocycles. The van der Waals surface area contributed by atoms with Crippen molar-refractivity contribution in [3.05, 3.63) is 0 Å². The van der Waals surface area contributed by atoms with Crippen LogP contribution < -0.4 is 11.1 Å². The maximum Gasteiger partial charge on any atom is 0.153 e.